The van der Waals surface area contributed by atoms with Gasteiger partial charge in [0.05, 0.1) is 12.5 Å². The molecule has 25 heavy (non-hydrogen) atoms. The molecule has 0 aliphatic rings. The Morgan fingerprint density at radius 3 is 2.00 bits per heavy atom. The van der Waals surface area contributed by atoms with Gasteiger partial charge in [0.1, 0.15) is 5.78 Å². The monoisotopic (exact) mass is 356 g/mol. The Morgan fingerprint density at radius 1 is 0.760 bits per heavy atom. The van der Waals surface area contributed by atoms with E-state index in [0.29, 0.717) is 25.2 Å². The SMILES string of the molecule is CCCCCOOC(=O)C(CC)CCC(CCCCC)C(=O)CCC. The Labute approximate surface area is 155 Å². The van der Waals surface area contributed by atoms with Crippen LogP contribution in [0.25, 0.3) is 0 Å². The highest BCUT2D eigenvalue weighted by Gasteiger charge is 2.23. The third-order valence-corrected chi connectivity index (χ3v) is 4.77. The van der Waals surface area contributed by atoms with Gasteiger partial charge in [0.15, 0.2) is 0 Å². The van der Waals surface area contributed by atoms with Crippen LogP contribution in [-0.2, 0) is 19.4 Å². The Balaban J connectivity index is 4.33. The lowest BCUT2D eigenvalue weighted by Crippen LogP contribution is -2.21. The molecule has 0 saturated heterocycles. The molecule has 0 aromatic rings. The minimum atomic E-state index is -0.283. The lowest BCUT2D eigenvalue weighted by Gasteiger charge is -2.18. The van der Waals surface area contributed by atoms with Gasteiger partial charge in [0.25, 0.3) is 0 Å². The van der Waals surface area contributed by atoms with Gasteiger partial charge in [-0.1, -0.05) is 59.8 Å². The van der Waals surface area contributed by atoms with Crippen molar-refractivity contribution in [1.29, 1.82) is 0 Å². The van der Waals surface area contributed by atoms with Crippen LogP contribution >= 0.6 is 0 Å². The normalized spacial score (nSPS) is 13.4. The zero-order valence-electron chi connectivity index (χ0n) is 17.0. The van der Waals surface area contributed by atoms with Crippen molar-refractivity contribution in [3.05, 3.63) is 0 Å². The van der Waals surface area contributed by atoms with Crippen LogP contribution in [0, 0.1) is 11.8 Å². The quantitative estimate of drug-likeness (QED) is 0.181. The van der Waals surface area contributed by atoms with Crippen molar-refractivity contribution >= 4 is 11.8 Å². The number of ketones is 1. The van der Waals surface area contributed by atoms with Crippen molar-refractivity contribution in [2.24, 2.45) is 11.8 Å². The molecule has 0 saturated carbocycles. The van der Waals surface area contributed by atoms with Crippen molar-refractivity contribution < 1.29 is 19.4 Å². The van der Waals surface area contributed by atoms with Crippen LogP contribution in [-0.4, -0.2) is 18.4 Å². The van der Waals surface area contributed by atoms with Crippen LogP contribution in [0.15, 0.2) is 0 Å². The Bertz CT molecular complexity index is 341. The lowest BCUT2D eigenvalue weighted by atomic mass is 9.86. The topological polar surface area (TPSA) is 52.6 Å². The summed E-state index contributed by atoms with van der Waals surface area (Å²) in [5, 5.41) is 0. The lowest BCUT2D eigenvalue weighted by molar-refractivity contribution is -0.276. The predicted octanol–water partition coefficient (Wildman–Crippen LogP) is 6.02. The van der Waals surface area contributed by atoms with E-state index in [2.05, 4.69) is 13.8 Å². The second-order valence-corrected chi connectivity index (χ2v) is 7.02. The largest absolute Gasteiger partial charge is 0.345 e. The molecule has 0 rings (SSSR count). The fraction of sp³-hybridized carbons (Fsp3) is 0.905. The average molecular weight is 357 g/mol. The van der Waals surface area contributed by atoms with Gasteiger partial charge in [-0.2, -0.15) is 4.89 Å². The first-order valence-electron chi connectivity index (χ1n) is 10.5. The van der Waals surface area contributed by atoms with E-state index in [1.807, 2.05) is 13.8 Å². The number of rotatable bonds is 17. The van der Waals surface area contributed by atoms with Gasteiger partial charge in [0, 0.05) is 12.3 Å². The Morgan fingerprint density at radius 2 is 1.40 bits per heavy atom. The van der Waals surface area contributed by atoms with E-state index in [0.717, 1.165) is 57.8 Å². The molecular formula is C21H40O4. The van der Waals surface area contributed by atoms with E-state index >= 15 is 0 Å². The average Bonchev–Trinajstić information content (AvgIpc) is 2.60. The van der Waals surface area contributed by atoms with Crippen LogP contribution in [0.5, 0.6) is 0 Å². The number of carbonyl (C=O) groups excluding carboxylic acids is 2. The molecule has 0 heterocycles. The first-order valence-corrected chi connectivity index (χ1v) is 10.5. The second-order valence-electron chi connectivity index (χ2n) is 7.02. The molecule has 2 atom stereocenters. The molecule has 0 aromatic heterocycles. The van der Waals surface area contributed by atoms with Gasteiger partial charge in [-0.3, -0.25) is 9.68 Å². The van der Waals surface area contributed by atoms with Gasteiger partial charge in [-0.15, -0.1) is 0 Å². The van der Waals surface area contributed by atoms with E-state index in [4.69, 9.17) is 9.78 Å². The van der Waals surface area contributed by atoms with Crippen molar-refractivity contribution in [2.75, 3.05) is 6.61 Å². The summed E-state index contributed by atoms with van der Waals surface area (Å²) in [5.74, 6) is -0.0000133. The van der Waals surface area contributed by atoms with Gasteiger partial charge < -0.3 is 0 Å². The smallest absolute Gasteiger partial charge is 0.299 e. The van der Waals surface area contributed by atoms with Gasteiger partial charge >= 0.3 is 5.97 Å². The molecule has 0 aromatic carbocycles. The molecule has 0 amide bonds. The van der Waals surface area contributed by atoms with E-state index < -0.39 is 0 Å². The maximum absolute atomic E-state index is 12.3. The fourth-order valence-corrected chi connectivity index (χ4v) is 3.03. The molecule has 4 nitrogen and oxygen atoms in total. The number of hydrogen-bond donors (Lipinski definition) is 0. The van der Waals surface area contributed by atoms with E-state index in [9.17, 15) is 9.59 Å². The third-order valence-electron chi connectivity index (χ3n) is 4.77. The molecule has 0 bridgehead atoms. The van der Waals surface area contributed by atoms with Crippen molar-refractivity contribution in [3.8, 4) is 0 Å². The van der Waals surface area contributed by atoms with Crippen LogP contribution in [0.3, 0.4) is 0 Å². The zero-order valence-corrected chi connectivity index (χ0v) is 17.0. The van der Waals surface area contributed by atoms with Crippen molar-refractivity contribution in [1.82, 2.24) is 0 Å². The number of carbonyl (C=O) groups is 2. The minimum Gasteiger partial charge on any atom is -0.299 e. The summed E-state index contributed by atoms with van der Waals surface area (Å²) in [6, 6.07) is 0. The predicted molar refractivity (Wildman–Crippen MR) is 102 cm³/mol. The molecule has 0 radical (unpaired) electrons. The molecule has 0 N–H and O–H groups in total. The number of Topliss-reactive ketones (excluding diaryl/α,β-unsaturated/α-hetero) is 1. The summed E-state index contributed by atoms with van der Waals surface area (Å²) in [6.45, 7) is 8.79. The molecular weight excluding hydrogens is 316 g/mol. The fourth-order valence-electron chi connectivity index (χ4n) is 3.03. The standard InChI is InChI=1S/C21H40O4/c1-5-9-11-14-19(20(22)13-7-3)16-15-18(8-4)21(23)25-24-17-12-10-6-2/h18-19H,5-17H2,1-4H3. The first-order chi connectivity index (χ1) is 12.1. The summed E-state index contributed by atoms with van der Waals surface area (Å²) in [4.78, 5) is 34.5. The maximum Gasteiger partial charge on any atom is 0.345 e. The van der Waals surface area contributed by atoms with Gasteiger partial charge in [-0.05, 0) is 38.5 Å². The van der Waals surface area contributed by atoms with Crippen LogP contribution in [0.2, 0.25) is 0 Å². The summed E-state index contributed by atoms with van der Waals surface area (Å²) >= 11 is 0. The summed E-state index contributed by atoms with van der Waals surface area (Å²) in [6.07, 6.45) is 11.2. The van der Waals surface area contributed by atoms with E-state index in [1.54, 1.807) is 0 Å². The molecule has 4 heteroatoms. The Kier molecular flexibility index (Phi) is 16.0. The third kappa shape index (κ3) is 12.1. The first kappa shape index (κ1) is 24.1. The Hall–Kier alpha value is -0.900. The molecule has 148 valence electrons. The second kappa shape index (κ2) is 16.6. The zero-order chi connectivity index (χ0) is 18.9. The summed E-state index contributed by atoms with van der Waals surface area (Å²) in [7, 11) is 0. The summed E-state index contributed by atoms with van der Waals surface area (Å²) in [5.41, 5.74) is 0. The van der Waals surface area contributed by atoms with Crippen LogP contribution in [0.4, 0.5) is 0 Å². The van der Waals surface area contributed by atoms with Crippen molar-refractivity contribution in [2.45, 2.75) is 105 Å². The number of hydrogen-bond acceptors (Lipinski definition) is 4. The van der Waals surface area contributed by atoms with Crippen LogP contribution < -0.4 is 0 Å². The van der Waals surface area contributed by atoms with Gasteiger partial charge in [0.2, 0.25) is 0 Å². The molecule has 0 aliphatic heterocycles. The minimum absolute atomic E-state index is 0.0961. The van der Waals surface area contributed by atoms with Crippen molar-refractivity contribution in [3.63, 3.8) is 0 Å². The van der Waals surface area contributed by atoms with Gasteiger partial charge in [-0.25, -0.2) is 4.79 Å². The number of unbranched alkanes of at least 4 members (excludes halogenated alkanes) is 4. The summed E-state index contributed by atoms with van der Waals surface area (Å²) < 4.78 is 0. The molecule has 0 aliphatic carbocycles. The highest BCUT2D eigenvalue weighted by molar-refractivity contribution is 5.81. The highest BCUT2D eigenvalue weighted by atomic mass is 17.2. The molecule has 0 fully saturated rings. The van der Waals surface area contributed by atoms with Crippen LogP contribution in [0.1, 0.15) is 105 Å². The molecule has 0 spiro atoms. The highest BCUT2D eigenvalue weighted by Crippen LogP contribution is 2.24. The van der Waals surface area contributed by atoms with E-state index in [-0.39, 0.29) is 17.8 Å². The maximum atomic E-state index is 12.3. The molecule has 2 unspecified atom stereocenters. The van der Waals surface area contributed by atoms with E-state index in [1.165, 1.54) is 6.42 Å².